The van der Waals surface area contributed by atoms with E-state index in [1.807, 2.05) is 0 Å². The van der Waals surface area contributed by atoms with Crippen LogP contribution in [0.3, 0.4) is 0 Å². The fourth-order valence-corrected chi connectivity index (χ4v) is 4.24. The third-order valence-electron chi connectivity index (χ3n) is 5.59. The summed E-state index contributed by atoms with van der Waals surface area (Å²) >= 11 is 0. The average Bonchev–Trinajstić information content (AvgIpc) is 2.82. The van der Waals surface area contributed by atoms with Gasteiger partial charge in [0, 0.05) is 24.6 Å². The van der Waals surface area contributed by atoms with Crippen LogP contribution in [0.4, 0.5) is 0 Å². The first-order chi connectivity index (χ1) is 9.35. The summed E-state index contributed by atoms with van der Waals surface area (Å²) in [6.45, 7) is 4.88. The summed E-state index contributed by atoms with van der Waals surface area (Å²) in [7, 11) is 0. The summed E-state index contributed by atoms with van der Waals surface area (Å²) in [5, 5.41) is 3.72. The molecule has 3 aliphatic rings. The van der Waals surface area contributed by atoms with Crippen molar-refractivity contribution in [1.82, 2.24) is 5.32 Å². The van der Waals surface area contributed by atoms with Crippen molar-refractivity contribution in [2.75, 3.05) is 19.8 Å². The highest BCUT2D eigenvalue weighted by atomic mass is 16.5. The Morgan fingerprint density at radius 1 is 1.11 bits per heavy atom. The van der Waals surface area contributed by atoms with Crippen molar-refractivity contribution in [3.05, 3.63) is 0 Å². The summed E-state index contributed by atoms with van der Waals surface area (Å²) in [6.07, 6.45) is 11.7. The first-order valence-electron chi connectivity index (χ1n) is 8.32. The number of hydrogen-bond donors (Lipinski definition) is 1. The molecule has 2 unspecified atom stereocenters. The molecule has 0 aromatic carbocycles. The Bertz CT molecular complexity index is 284. The van der Waals surface area contributed by atoms with Crippen LogP contribution in [0, 0.1) is 5.41 Å². The van der Waals surface area contributed by atoms with Gasteiger partial charge in [-0.3, -0.25) is 0 Å². The van der Waals surface area contributed by atoms with Gasteiger partial charge in [-0.25, -0.2) is 0 Å². The highest BCUT2D eigenvalue weighted by Gasteiger charge is 2.58. The van der Waals surface area contributed by atoms with Crippen molar-refractivity contribution in [2.45, 2.75) is 76.5 Å². The first kappa shape index (κ1) is 13.8. The molecular weight excluding hydrogens is 238 g/mol. The smallest absolute Gasteiger partial charge is 0.0661 e. The molecule has 19 heavy (non-hydrogen) atoms. The molecule has 0 amide bonds. The molecule has 0 saturated heterocycles. The predicted octanol–water partition coefficient (Wildman–Crippen LogP) is 2.88. The predicted molar refractivity (Wildman–Crippen MR) is 76.3 cm³/mol. The van der Waals surface area contributed by atoms with Gasteiger partial charge in [0.05, 0.1) is 18.8 Å². The number of nitrogens with one attached hydrogen (secondary N) is 1. The van der Waals surface area contributed by atoms with Crippen LogP contribution in [-0.2, 0) is 9.47 Å². The fourth-order valence-electron chi connectivity index (χ4n) is 4.24. The molecule has 3 heteroatoms. The molecule has 1 spiro atoms. The molecule has 2 atom stereocenters. The maximum Gasteiger partial charge on any atom is 0.0661 e. The van der Waals surface area contributed by atoms with E-state index in [1.54, 1.807) is 0 Å². The van der Waals surface area contributed by atoms with Crippen LogP contribution >= 0.6 is 0 Å². The van der Waals surface area contributed by atoms with E-state index in [9.17, 15) is 0 Å². The van der Waals surface area contributed by atoms with E-state index >= 15 is 0 Å². The molecule has 0 aromatic rings. The second-order valence-corrected chi connectivity index (χ2v) is 6.55. The van der Waals surface area contributed by atoms with Gasteiger partial charge in [0.1, 0.15) is 0 Å². The second-order valence-electron chi connectivity index (χ2n) is 6.55. The minimum absolute atomic E-state index is 0.489. The van der Waals surface area contributed by atoms with E-state index < -0.39 is 0 Å². The molecular formula is C16H29NO2. The standard InChI is InChI=1S/C16H29NO2/c1-2-18-15-12-14(16(15)8-5-9-16)17-10-11-19-13-6-3-4-7-13/h13-15,17H,2-12H2,1H3. The number of ether oxygens (including phenoxy) is 2. The van der Waals surface area contributed by atoms with E-state index in [-0.39, 0.29) is 0 Å². The zero-order valence-corrected chi connectivity index (χ0v) is 12.3. The minimum Gasteiger partial charge on any atom is -0.378 e. The zero-order chi connectivity index (χ0) is 13.1. The monoisotopic (exact) mass is 267 g/mol. The van der Waals surface area contributed by atoms with Crippen molar-refractivity contribution in [3.8, 4) is 0 Å². The van der Waals surface area contributed by atoms with Gasteiger partial charge in [-0.15, -0.1) is 0 Å². The molecule has 3 aliphatic carbocycles. The summed E-state index contributed by atoms with van der Waals surface area (Å²) in [5.41, 5.74) is 0.489. The maximum absolute atomic E-state index is 5.92. The molecule has 3 saturated carbocycles. The summed E-state index contributed by atoms with van der Waals surface area (Å²) in [4.78, 5) is 0. The van der Waals surface area contributed by atoms with Crippen LogP contribution in [0.25, 0.3) is 0 Å². The van der Waals surface area contributed by atoms with Gasteiger partial charge in [-0.2, -0.15) is 0 Å². The zero-order valence-electron chi connectivity index (χ0n) is 12.3. The van der Waals surface area contributed by atoms with Crippen molar-refractivity contribution in [3.63, 3.8) is 0 Å². The van der Waals surface area contributed by atoms with Gasteiger partial charge in [0.2, 0.25) is 0 Å². The topological polar surface area (TPSA) is 30.5 Å². The summed E-state index contributed by atoms with van der Waals surface area (Å²) in [6, 6.07) is 0.685. The third kappa shape index (κ3) is 2.70. The van der Waals surface area contributed by atoms with Gasteiger partial charge < -0.3 is 14.8 Å². The molecule has 1 N–H and O–H groups in total. The number of hydrogen-bond acceptors (Lipinski definition) is 3. The Hall–Kier alpha value is -0.120. The van der Waals surface area contributed by atoms with Crippen LogP contribution in [0.2, 0.25) is 0 Å². The Morgan fingerprint density at radius 2 is 1.89 bits per heavy atom. The average molecular weight is 267 g/mol. The van der Waals surface area contributed by atoms with E-state index in [1.165, 1.54) is 51.4 Å². The third-order valence-corrected chi connectivity index (χ3v) is 5.59. The Labute approximate surface area is 117 Å². The Kier molecular flexibility index (Phi) is 4.45. The highest BCUT2D eigenvalue weighted by molar-refractivity contribution is 5.12. The minimum atomic E-state index is 0.489. The maximum atomic E-state index is 5.92. The van der Waals surface area contributed by atoms with Crippen LogP contribution in [0.15, 0.2) is 0 Å². The molecule has 0 heterocycles. The quantitative estimate of drug-likeness (QED) is 0.720. The van der Waals surface area contributed by atoms with E-state index in [0.29, 0.717) is 23.7 Å². The SMILES string of the molecule is CCOC1CC(NCCOC2CCCC2)C12CCC2. The lowest BCUT2D eigenvalue weighted by Gasteiger charge is -2.61. The van der Waals surface area contributed by atoms with Gasteiger partial charge in [0.25, 0.3) is 0 Å². The fraction of sp³-hybridized carbons (Fsp3) is 1.00. The molecule has 3 nitrogen and oxygen atoms in total. The summed E-state index contributed by atoms with van der Waals surface area (Å²) < 4.78 is 11.8. The first-order valence-corrected chi connectivity index (χ1v) is 8.32. The molecule has 0 aromatic heterocycles. The largest absolute Gasteiger partial charge is 0.378 e. The van der Waals surface area contributed by atoms with Crippen LogP contribution < -0.4 is 5.32 Å². The van der Waals surface area contributed by atoms with Gasteiger partial charge in [-0.05, 0) is 39.0 Å². The van der Waals surface area contributed by atoms with Gasteiger partial charge in [-0.1, -0.05) is 19.3 Å². The van der Waals surface area contributed by atoms with Gasteiger partial charge in [0.15, 0.2) is 0 Å². The molecule has 110 valence electrons. The van der Waals surface area contributed by atoms with E-state index in [4.69, 9.17) is 9.47 Å². The van der Waals surface area contributed by atoms with Crippen LogP contribution in [0.5, 0.6) is 0 Å². The number of rotatable bonds is 7. The van der Waals surface area contributed by atoms with Crippen molar-refractivity contribution >= 4 is 0 Å². The van der Waals surface area contributed by atoms with E-state index in [2.05, 4.69) is 12.2 Å². The summed E-state index contributed by atoms with van der Waals surface area (Å²) in [5.74, 6) is 0. The molecule has 3 rings (SSSR count). The van der Waals surface area contributed by atoms with Gasteiger partial charge >= 0.3 is 0 Å². The van der Waals surface area contributed by atoms with E-state index in [0.717, 1.165) is 19.8 Å². The van der Waals surface area contributed by atoms with Crippen molar-refractivity contribution < 1.29 is 9.47 Å². The van der Waals surface area contributed by atoms with Crippen molar-refractivity contribution in [1.29, 1.82) is 0 Å². The Morgan fingerprint density at radius 3 is 2.53 bits per heavy atom. The Balaban J connectivity index is 1.34. The highest BCUT2D eigenvalue weighted by Crippen LogP contribution is 2.57. The molecule has 0 bridgehead atoms. The lowest BCUT2D eigenvalue weighted by atomic mass is 9.51. The molecule has 3 fully saturated rings. The normalized spacial score (nSPS) is 33.3. The lowest BCUT2D eigenvalue weighted by molar-refractivity contribution is -0.173. The second kappa shape index (κ2) is 6.11. The molecule has 0 radical (unpaired) electrons. The van der Waals surface area contributed by atoms with Crippen molar-refractivity contribution in [2.24, 2.45) is 5.41 Å². The van der Waals surface area contributed by atoms with Crippen LogP contribution in [-0.4, -0.2) is 38.0 Å². The molecule has 0 aliphatic heterocycles. The van der Waals surface area contributed by atoms with Crippen LogP contribution in [0.1, 0.15) is 58.3 Å². The lowest BCUT2D eigenvalue weighted by Crippen LogP contribution is -2.67.